The highest BCUT2D eigenvalue weighted by atomic mass is 16.5. The van der Waals surface area contributed by atoms with E-state index in [4.69, 9.17) is 13.9 Å². The van der Waals surface area contributed by atoms with Crippen molar-refractivity contribution in [1.82, 2.24) is 15.5 Å². The lowest BCUT2D eigenvalue weighted by Crippen LogP contribution is -2.26. The van der Waals surface area contributed by atoms with Crippen LogP contribution in [0.2, 0.25) is 0 Å². The van der Waals surface area contributed by atoms with Crippen molar-refractivity contribution in [2.24, 2.45) is 0 Å². The molecule has 18 heavy (non-hydrogen) atoms. The van der Waals surface area contributed by atoms with E-state index in [9.17, 15) is 0 Å². The van der Waals surface area contributed by atoms with Gasteiger partial charge < -0.3 is 24.1 Å². The molecule has 0 aromatic carbocycles. The fourth-order valence-corrected chi connectivity index (χ4v) is 1.75. The van der Waals surface area contributed by atoms with Crippen LogP contribution in [-0.2, 0) is 16.0 Å². The van der Waals surface area contributed by atoms with Gasteiger partial charge in [0.15, 0.2) is 0 Å². The molecule has 0 atom stereocenters. The molecule has 7 nitrogen and oxygen atoms in total. The van der Waals surface area contributed by atoms with Crippen molar-refractivity contribution >= 4 is 6.01 Å². The number of methoxy groups -OCH3 is 1. The van der Waals surface area contributed by atoms with Gasteiger partial charge in [0, 0.05) is 33.4 Å². The highest BCUT2D eigenvalue weighted by Crippen LogP contribution is 2.13. The van der Waals surface area contributed by atoms with Crippen molar-refractivity contribution < 1.29 is 13.9 Å². The fraction of sp³-hybridized carbons (Fsp3) is 0.818. The van der Waals surface area contributed by atoms with Crippen LogP contribution in [0.1, 0.15) is 12.3 Å². The van der Waals surface area contributed by atoms with E-state index < -0.39 is 0 Å². The second-order valence-electron chi connectivity index (χ2n) is 4.10. The minimum atomic E-state index is 0.570. The summed E-state index contributed by atoms with van der Waals surface area (Å²) in [6.07, 6.45) is 0.990. The first-order chi connectivity index (χ1) is 8.90. The third-order valence-corrected chi connectivity index (χ3v) is 2.71. The number of hydrogen-bond donors (Lipinski definition) is 1. The maximum Gasteiger partial charge on any atom is 0.318 e. The van der Waals surface area contributed by atoms with Crippen molar-refractivity contribution in [1.29, 1.82) is 0 Å². The molecule has 1 aliphatic rings. The Bertz CT molecular complexity index is 337. The monoisotopic (exact) mass is 256 g/mol. The lowest BCUT2D eigenvalue weighted by molar-refractivity contribution is 0.152. The minimum absolute atomic E-state index is 0.570. The first-order valence-electron chi connectivity index (χ1n) is 6.25. The molecule has 1 saturated heterocycles. The molecule has 1 N–H and O–H groups in total. The molecule has 1 aliphatic heterocycles. The van der Waals surface area contributed by atoms with Gasteiger partial charge in [-0.3, -0.25) is 0 Å². The Morgan fingerprint density at radius 2 is 2.28 bits per heavy atom. The van der Waals surface area contributed by atoms with Gasteiger partial charge in [0.25, 0.3) is 0 Å². The van der Waals surface area contributed by atoms with Gasteiger partial charge in [-0.1, -0.05) is 5.10 Å². The molecule has 0 amide bonds. The molecule has 0 radical (unpaired) electrons. The van der Waals surface area contributed by atoms with Crippen LogP contribution in [0.25, 0.3) is 0 Å². The van der Waals surface area contributed by atoms with E-state index in [0.717, 1.165) is 32.7 Å². The van der Waals surface area contributed by atoms with Crippen LogP contribution in [0.4, 0.5) is 6.01 Å². The molecular weight excluding hydrogens is 236 g/mol. The molecule has 0 saturated carbocycles. The SMILES string of the molecule is COCCNCc1nnc(N2CCCOCC2)o1. The van der Waals surface area contributed by atoms with E-state index >= 15 is 0 Å². The predicted molar refractivity (Wildman–Crippen MR) is 65.5 cm³/mol. The van der Waals surface area contributed by atoms with Crippen LogP contribution in [-0.4, -0.2) is 56.8 Å². The molecule has 7 heteroatoms. The molecule has 0 unspecified atom stereocenters. The lowest BCUT2D eigenvalue weighted by atomic mass is 10.4. The normalized spacial score (nSPS) is 16.8. The van der Waals surface area contributed by atoms with Crippen molar-refractivity contribution in [2.75, 3.05) is 51.5 Å². The zero-order valence-electron chi connectivity index (χ0n) is 10.7. The van der Waals surface area contributed by atoms with Gasteiger partial charge in [-0.15, -0.1) is 5.10 Å². The average molecular weight is 256 g/mol. The summed E-state index contributed by atoms with van der Waals surface area (Å²) in [7, 11) is 1.67. The topological polar surface area (TPSA) is 72.7 Å². The first kappa shape index (κ1) is 13.3. The first-order valence-corrected chi connectivity index (χ1v) is 6.25. The molecule has 1 aromatic rings. The summed E-state index contributed by atoms with van der Waals surface area (Å²) < 4.78 is 15.9. The van der Waals surface area contributed by atoms with E-state index in [2.05, 4.69) is 20.4 Å². The van der Waals surface area contributed by atoms with Gasteiger partial charge in [-0.2, -0.15) is 0 Å². The third kappa shape index (κ3) is 3.94. The zero-order valence-corrected chi connectivity index (χ0v) is 10.7. The predicted octanol–water partition coefficient (Wildman–Crippen LogP) is 0.0323. The minimum Gasteiger partial charge on any atom is -0.407 e. The molecule has 102 valence electrons. The molecule has 1 fully saturated rings. The summed E-state index contributed by atoms with van der Waals surface area (Å²) in [6, 6.07) is 0.587. The van der Waals surface area contributed by atoms with Crippen LogP contribution >= 0.6 is 0 Å². The Balaban J connectivity index is 1.81. The Hall–Kier alpha value is -1.18. The zero-order chi connectivity index (χ0) is 12.6. The number of nitrogens with zero attached hydrogens (tertiary/aromatic N) is 3. The number of aromatic nitrogens is 2. The largest absolute Gasteiger partial charge is 0.407 e. The number of ether oxygens (including phenoxy) is 2. The Morgan fingerprint density at radius 3 is 3.17 bits per heavy atom. The molecule has 2 rings (SSSR count). The summed E-state index contributed by atoms with van der Waals surface area (Å²) in [5.41, 5.74) is 0. The second kappa shape index (κ2) is 7.30. The summed E-state index contributed by atoms with van der Waals surface area (Å²) in [5, 5.41) is 11.2. The highest BCUT2D eigenvalue weighted by molar-refractivity contribution is 5.23. The van der Waals surface area contributed by atoms with Gasteiger partial charge in [0.1, 0.15) is 0 Å². The quantitative estimate of drug-likeness (QED) is 0.720. The van der Waals surface area contributed by atoms with Gasteiger partial charge in [0.2, 0.25) is 5.89 Å². The summed E-state index contributed by atoms with van der Waals surface area (Å²) in [6.45, 7) is 5.23. The standard InChI is InChI=1S/C11H20N4O3/c1-16-7-3-12-9-10-13-14-11(18-10)15-4-2-6-17-8-5-15/h12H,2-9H2,1H3. The fourth-order valence-electron chi connectivity index (χ4n) is 1.75. The third-order valence-electron chi connectivity index (χ3n) is 2.71. The Morgan fingerprint density at radius 1 is 1.33 bits per heavy atom. The van der Waals surface area contributed by atoms with Gasteiger partial charge in [-0.05, 0) is 6.42 Å². The maximum atomic E-state index is 5.60. The number of rotatable bonds is 6. The Kier molecular flexibility index (Phi) is 5.37. The van der Waals surface area contributed by atoms with Crippen LogP contribution < -0.4 is 10.2 Å². The van der Waals surface area contributed by atoms with E-state index in [-0.39, 0.29) is 0 Å². The van der Waals surface area contributed by atoms with Crippen molar-refractivity contribution in [3.05, 3.63) is 5.89 Å². The van der Waals surface area contributed by atoms with Crippen LogP contribution in [0.5, 0.6) is 0 Å². The molecular formula is C11H20N4O3. The average Bonchev–Trinajstić information content (AvgIpc) is 2.69. The van der Waals surface area contributed by atoms with Gasteiger partial charge in [0.05, 0.1) is 19.8 Å². The van der Waals surface area contributed by atoms with Crippen molar-refractivity contribution in [3.63, 3.8) is 0 Å². The molecule has 2 heterocycles. The van der Waals surface area contributed by atoms with Gasteiger partial charge >= 0.3 is 6.01 Å². The van der Waals surface area contributed by atoms with E-state index in [0.29, 0.717) is 31.7 Å². The van der Waals surface area contributed by atoms with Crippen molar-refractivity contribution in [3.8, 4) is 0 Å². The smallest absolute Gasteiger partial charge is 0.318 e. The molecule has 0 aliphatic carbocycles. The van der Waals surface area contributed by atoms with Crippen LogP contribution in [0.15, 0.2) is 4.42 Å². The van der Waals surface area contributed by atoms with E-state index in [1.54, 1.807) is 7.11 Å². The highest BCUT2D eigenvalue weighted by Gasteiger charge is 2.16. The van der Waals surface area contributed by atoms with Crippen molar-refractivity contribution in [2.45, 2.75) is 13.0 Å². The number of hydrogen-bond acceptors (Lipinski definition) is 7. The van der Waals surface area contributed by atoms with Crippen LogP contribution in [0, 0.1) is 0 Å². The second-order valence-corrected chi connectivity index (χ2v) is 4.10. The molecule has 0 spiro atoms. The Labute approximate surface area is 106 Å². The number of nitrogens with one attached hydrogen (secondary N) is 1. The van der Waals surface area contributed by atoms with E-state index in [1.807, 2.05) is 0 Å². The van der Waals surface area contributed by atoms with Crippen LogP contribution in [0.3, 0.4) is 0 Å². The van der Waals surface area contributed by atoms with E-state index in [1.165, 1.54) is 0 Å². The molecule has 0 bridgehead atoms. The number of anilines is 1. The summed E-state index contributed by atoms with van der Waals surface area (Å²) in [5.74, 6) is 0.603. The molecule has 1 aromatic heterocycles. The summed E-state index contributed by atoms with van der Waals surface area (Å²) in [4.78, 5) is 2.07. The maximum absolute atomic E-state index is 5.60. The van der Waals surface area contributed by atoms with Gasteiger partial charge in [-0.25, -0.2) is 0 Å². The summed E-state index contributed by atoms with van der Waals surface area (Å²) >= 11 is 0. The lowest BCUT2D eigenvalue weighted by Gasteiger charge is -2.15.